The van der Waals surface area contributed by atoms with E-state index in [0.29, 0.717) is 5.41 Å². The Morgan fingerprint density at radius 2 is 2.07 bits per heavy atom. The summed E-state index contributed by atoms with van der Waals surface area (Å²) >= 11 is 0. The summed E-state index contributed by atoms with van der Waals surface area (Å²) in [6.07, 6.45) is 0. The fraction of sp³-hybridized carbons (Fsp3) is 1.00. The molecule has 0 radical (unpaired) electrons. The van der Waals surface area contributed by atoms with Crippen LogP contribution in [0.15, 0.2) is 0 Å². The second-order valence-corrected chi connectivity index (χ2v) is 6.19. The highest BCUT2D eigenvalue weighted by molar-refractivity contribution is 4.80. The molecule has 1 aliphatic heterocycles. The highest BCUT2D eigenvalue weighted by atomic mass is 15.2. The standard InChI is InChI=1S/C13H28N2/c1-11(2)13(4,5)10-15-7-6-14-8-12(3)9-15/h11-12,14H,6-10H2,1-5H3. The van der Waals surface area contributed by atoms with Crippen molar-refractivity contribution in [2.24, 2.45) is 17.3 Å². The number of nitrogens with zero attached hydrogens (tertiary/aromatic N) is 1. The Bertz CT molecular complexity index is 187. The fourth-order valence-electron chi connectivity index (χ4n) is 2.08. The maximum Gasteiger partial charge on any atom is 0.0107 e. The molecule has 15 heavy (non-hydrogen) atoms. The summed E-state index contributed by atoms with van der Waals surface area (Å²) < 4.78 is 0. The van der Waals surface area contributed by atoms with Gasteiger partial charge >= 0.3 is 0 Å². The van der Waals surface area contributed by atoms with Crippen molar-refractivity contribution in [1.82, 2.24) is 10.2 Å². The van der Waals surface area contributed by atoms with E-state index in [9.17, 15) is 0 Å². The van der Waals surface area contributed by atoms with E-state index in [-0.39, 0.29) is 0 Å². The minimum Gasteiger partial charge on any atom is -0.315 e. The van der Waals surface area contributed by atoms with Gasteiger partial charge in [0.05, 0.1) is 0 Å². The number of rotatable bonds is 3. The highest BCUT2D eigenvalue weighted by Gasteiger charge is 2.26. The minimum atomic E-state index is 0.435. The molecule has 0 aromatic carbocycles. The zero-order valence-corrected chi connectivity index (χ0v) is 11.1. The van der Waals surface area contributed by atoms with E-state index in [0.717, 1.165) is 18.4 Å². The molecule has 2 nitrogen and oxygen atoms in total. The van der Waals surface area contributed by atoms with Gasteiger partial charge < -0.3 is 10.2 Å². The molecule has 0 aliphatic carbocycles. The van der Waals surface area contributed by atoms with Gasteiger partial charge in [-0.2, -0.15) is 0 Å². The smallest absolute Gasteiger partial charge is 0.0107 e. The van der Waals surface area contributed by atoms with E-state index in [1.807, 2.05) is 0 Å². The van der Waals surface area contributed by atoms with Crippen LogP contribution in [0.1, 0.15) is 34.6 Å². The number of hydrogen-bond acceptors (Lipinski definition) is 2. The van der Waals surface area contributed by atoms with Crippen LogP contribution in [0.3, 0.4) is 0 Å². The van der Waals surface area contributed by atoms with Crippen LogP contribution in [0.2, 0.25) is 0 Å². The van der Waals surface area contributed by atoms with E-state index in [1.165, 1.54) is 26.2 Å². The molecule has 1 atom stereocenters. The Kier molecular flexibility index (Phi) is 4.60. The van der Waals surface area contributed by atoms with Crippen LogP contribution in [0, 0.1) is 17.3 Å². The molecule has 1 aliphatic rings. The maximum atomic E-state index is 3.50. The summed E-state index contributed by atoms with van der Waals surface area (Å²) in [4.78, 5) is 2.63. The second kappa shape index (κ2) is 5.31. The van der Waals surface area contributed by atoms with Crippen molar-refractivity contribution in [2.75, 3.05) is 32.7 Å². The lowest BCUT2D eigenvalue weighted by Gasteiger charge is -2.35. The highest BCUT2D eigenvalue weighted by Crippen LogP contribution is 2.27. The van der Waals surface area contributed by atoms with Crippen molar-refractivity contribution in [2.45, 2.75) is 34.6 Å². The van der Waals surface area contributed by atoms with E-state index >= 15 is 0 Å². The quantitative estimate of drug-likeness (QED) is 0.771. The molecule has 1 unspecified atom stereocenters. The van der Waals surface area contributed by atoms with E-state index in [1.54, 1.807) is 0 Å². The van der Waals surface area contributed by atoms with Gasteiger partial charge in [0.2, 0.25) is 0 Å². The molecule has 0 aromatic heterocycles. The predicted molar refractivity (Wildman–Crippen MR) is 67.1 cm³/mol. The summed E-state index contributed by atoms with van der Waals surface area (Å²) in [7, 11) is 0. The van der Waals surface area contributed by atoms with Crippen molar-refractivity contribution in [3.63, 3.8) is 0 Å². The molecule has 0 bridgehead atoms. The van der Waals surface area contributed by atoms with Crippen LogP contribution in [0.5, 0.6) is 0 Å². The predicted octanol–water partition coefficient (Wildman–Crippen LogP) is 2.21. The molecule has 2 heteroatoms. The molecule has 1 N–H and O–H groups in total. The summed E-state index contributed by atoms with van der Waals surface area (Å²) in [5.41, 5.74) is 0.435. The van der Waals surface area contributed by atoms with Gasteiger partial charge in [-0.05, 0) is 23.8 Å². The average Bonchev–Trinajstić information content (AvgIpc) is 2.28. The minimum absolute atomic E-state index is 0.435. The third kappa shape index (κ3) is 4.12. The molecule has 1 rings (SSSR count). The first-order valence-electron chi connectivity index (χ1n) is 6.35. The van der Waals surface area contributed by atoms with Gasteiger partial charge in [0, 0.05) is 26.2 Å². The monoisotopic (exact) mass is 212 g/mol. The van der Waals surface area contributed by atoms with Crippen LogP contribution >= 0.6 is 0 Å². The van der Waals surface area contributed by atoms with E-state index in [2.05, 4.69) is 44.8 Å². The molecule has 1 heterocycles. The van der Waals surface area contributed by atoms with Gasteiger partial charge in [0.15, 0.2) is 0 Å². The number of hydrogen-bond donors (Lipinski definition) is 1. The first-order chi connectivity index (χ1) is 6.92. The largest absolute Gasteiger partial charge is 0.315 e. The van der Waals surface area contributed by atoms with Crippen LogP contribution in [-0.4, -0.2) is 37.6 Å². The topological polar surface area (TPSA) is 15.3 Å². The van der Waals surface area contributed by atoms with Crippen molar-refractivity contribution in [3.05, 3.63) is 0 Å². The second-order valence-electron chi connectivity index (χ2n) is 6.19. The Morgan fingerprint density at radius 3 is 2.67 bits per heavy atom. The van der Waals surface area contributed by atoms with Gasteiger partial charge in [0.25, 0.3) is 0 Å². The molecular weight excluding hydrogens is 184 g/mol. The van der Waals surface area contributed by atoms with Crippen molar-refractivity contribution in [1.29, 1.82) is 0 Å². The molecular formula is C13H28N2. The SMILES string of the molecule is CC1CNCCN(CC(C)(C)C(C)C)C1. The van der Waals surface area contributed by atoms with Crippen molar-refractivity contribution < 1.29 is 0 Å². The lowest BCUT2D eigenvalue weighted by Crippen LogP contribution is -2.40. The fourth-order valence-corrected chi connectivity index (χ4v) is 2.08. The molecule has 0 aromatic rings. The zero-order chi connectivity index (χ0) is 11.5. The lowest BCUT2D eigenvalue weighted by atomic mass is 9.80. The zero-order valence-electron chi connectivity index (χ0n) is 11.1. The summed E-state index contributed by atoms with van der Waals surface area (Å²) in [6.45, 7) is 17.8. The average molecular weight is 212 g/mol. The van der Waals surface area contributed by atoms with Crippen LogP contribution in [0.25, 0.3) is 0 Å². The Labute approximate surface area is 95.4 Å². The number of nitrogens with one attached hydrogen (secondary N) is 1. The third-order valence-electron chi connectivity index (χ3n) is 3.86. The normalized spacial score (nSPS) is 25.6. The van der Waals surface area contributed by atoms with Gasteiger partial charge in [-0.3, -0.25) is 0 Å². The van der Waals surface area contributed by atoms with Gasteiger partial charge in [-0.1, -0.05) is 34.6 Å². The first-order valence-corrected chi connectivity index (χ1v) is 6.35. The summed E-state index contributed by atoms with van der Waals surface area (Å²) in [5.74, 6) is 1.54. The Morgan fingerprint density at radius 1 is 1.40 bits per heavy atom. The van der Waals surface area contributed by atoms with Crippen LogP contribution in [-0.2, 0) is 0 Å². The van der Waals surface area contributed by atoms with E-state index < -0.39 is 0 Å². The summed E-state index contributed by atoms with van der Waals surface area (Å²) in [5, 5.41) is 3.50. The van der Waals surface area contributed by atoms with Gasteiger partial charge in [-0.15, -0.1) is 0 Å². The molecule has 0 saturated carbocycles. The van der Waals surface area contributed by atoms with Crippen LogP contribution < -0.4 is 5.32 Å². The van der Waals surface area contributed by atoms with Gasteiger partial charge in [-0.25, -0.2) is 0 Å². The molecule has 1 fully saturated rings. The Hall–Kier alpha value is -0.0800. The van der Waals surface area contributed by atoms with Crippen LogP contribution in [0.4, 0.5) is 0 Å². The molecule has 90 valence electrons. The molecule has 0 spiro atoms. The lowest BCUT2D eigenvalue weighted by molar-refractivity contribution is 0.131. The van der Waals surface area contributed by atoms with Gasteiger partial charge in [0.1, 0.15) is 0 Å². The Balaban J connectivity index is 2.48. The summed E-state index contributed by atoms with van der Waals surface area (Å²) in [6, 6.07) is 0. The van der Waals surface area contributed by atoms with Crippen molar-refractivity contribution in [3.8, 4) is 0 Å². The maximum absolute atomic E-state index is 3.50. The molecule has 0 amide bonds. The molecule has 1 saturated heterocycles. The van der Waals surface area contributed by atoms with E-state index in [4.69, 9.17) is 0 Å². The van der Waals surface area contributed by atoms with Crippen molar-refractivity contribution >= 4 is 0 Å². The first kappa shape index (κ1) is 13.0. The third-order valence-corrected chi connectivity index (χ3v) is 3.86.